The van der Waals surface area contributed by atoms with Crippen LogP contribution in [0, 0.1) is 5.92 Å². The highest BCUT2D eigenvalue weighted by Gasteiger charge is 2.14. The molecule has 3 heteroatoms. The average molecular weight is 297 g/mol. The molecule has 0 heterocycles. The largest absolute Gasteiger partial charge is 0.370 e. The van der Waals surface area contributed by atoms with Gasteiger partial charge in [-0.05, 0) is 43.9 Å². The van der Waals surface area contributed by atoms with Crippen LogP contribution in [0.25, 0.3) is 0 Å². The Bertz CT molecular complexity index is 400. The second-order valence-electron chi connectivity index (χ2n) is 5.69. The molecule has 0 aromatic heterocycles. The van der Waals surface area contributed by atoms with Crippen LogP contribution >= 0.6 is 11.6 Å². The van der Waals surface area contributed by atoms with Gasteiger partial charge in [0.2, 0.25) is 0 Å². The van der Waals surface area contributed by atoms with Crippen LogP contribution in [0.5, 0.6) is 0 Å². The van der Waals surface area contributed by atoms with E-state index in [4.69, 9.17) is 17.3 Å². The van der Waals surface area contributed by atoms with Crippen molar-refractivity contribution in [3.05, 3.63) is 28.8 Å². The minimum absolute atomic E-state index is 0.170. The second kappa shape index (κ2) is 8.53. The molecule has 1 aromatic rings. The molecular weight excluding hydrogens is 268 g/mol. The summed E-state index contributed by atoms with van der Waals surface area (Å²) in [6.07, 6.45) is 3.31. The highest BCUT2D eigenvalue weighted by atomic mass is 35.5. The van der Waals surface area contributed by atoms with E-state index in [1.54, 1.807) is 0 Å². The Kier molecular flexibility index (Phi) is 7.39. The lowest BCUT2D eigenvalue weighted by Crippen LogP contribution is -2.29. The molecule has 20 heavy (non-hydrogen) atoms. The highest BCUT2D eigenvalue weighted by molar-refractivity contribution is 6.33. The Balaban J connectivity index is 2.87. The normalized spacial score (nSPS) is 12.8. The van der Waals surface area contributed by atoms with Crippen LogP contribution in [0.4, 0.5) is 5.69 Å². The molecule has 0 saturated carbocycles. The summed E-state index contributed by atoms with van der Waals surface area (Å²) >= 11 is 6.47. The van der Waals surface area contributed by atoms with E-state index in [9.17, 15) is 0 Å². The lowest BCUT2D eigenvalue weighted by Gasteiger charge is -2.28. The van der Waals surface area contributed by atoms with Crippen LogP contribution in [0.15, 0.2) is 18.2 Å². The van der Waals surface area contributed by atoms with Crippen molar-refractivity contribution in [2.24, 2.45) is 11.7 Å². The summed E-state index contributed by atoms with van der Waals surface area (Å²) in [6.45, 7) is 10.8. The number of rotatable bonds is 8. The van der Waals surface area contributed by atoms with Crippen LogP contribution in [0.3, 0.4) is 0 Å². The average Bonchev–Trinajstić information content (AvgIpc) is 2.41. The summed E-state index contributed by atoms with van der Waals surface area (Å²) < 4.78 is 0. The molecule has 0 bridgehead atoms. The minimum atomic E-state index is 0.170. The maximum absolute atomic E-state index is 6.47. The van der Waals surface area contributed by atoms with E-state index in [-0.39, 0.29) is 6.04 Å². The van der Waals surface area contributed by atoms with Gasteiger partial charge in [0.05, 0.1) is 10.7 Å². The van der Waals surface area contributed by atoms with Gasteiger partial charge in [0.1, 0.15) is 0 Å². The quantitative estimate of drug-likeness (QED) is 0.766. The fourth-order valence-electron chi connectivity index (χ4n) is 2.56. The standard InChI is InChI=1S/C17H29ClN2/c1-5-14(6-2)12-20(7-3)17-9-8-15(10-13(4)19)11-16(17)18/h8-9,11,13-14H,5-7,10,12,19H2,1-4H3. The van der Waals surface area contributed by atoms with Crippen LogP contribution < -0.4 is 10.6 Å². The van der Waals surface area contributed by atoms with E-state index >= 15 is 0 Å². The second-order valence-corrected chi connectivity index (χ2v) is 6.10. The van der Waals surface area contributed by atoms with Crippen molar-refractivity contribution >= 4 is 17.3 Å². The first kappa shape index (κ1) is 17.3. The number of benzene rings is 1. The molecule has 0 aliphatic carbocycles. The van der Waals surface area contributed by atoms with Gasteiger partial charge in [-0.2, -0.15) is 0 Å². The van der Waals surface area contributed by atoms with Crippen molar-refractivity contribution in [3.8, 4) is 0 Å². The molecular formula is C17H29ClN2. The van der Waals surface area contributed by atoms with E-state index in [0.29, 0.717) is 0 Å². The maximum Gasteiger partial charge on any atom is 0.0642 e. The molecule has 0 aliphatic heterocycles. The Labute approximate surface area is 129 Å². The van der Waals surface area contributed by atoms with Crippen LogP contribution in [0.1, 0.15) is 46.1 Å². The molecule has 0 amide bonds. The number of hydrogen-bond acceptors (Lipinski definition) is 2. The number of anilines is 1. The van der Waals surface area contributed by atoms with Crippen molar-refractivity contribution in [1.29, 1.82) is 0 Å². The lowest BCUT2D eigenvalue weighted by molar-refractivity contribution is 0.486. The first-order valence-corrected chi connectivity index (χ1v) is 8.18. The predicted molar refractivity (Wildman–Crippen MR) is 90.8 cm³/mol. The molecule has 0 radical (unpaired) electrons. The Morgan fingerprint density at radius 2 is 1.85 bits per heavy atom. The third kappa shape index (κ3) is 4.99. The minimum Gasteiger partial charge on any atom is -0.370 e. The van der Waals surface area contributed by atoms with Gasteiger partial charge >= 0.3 is 0 Å². The van der Waals surface area contributed by atoms with Crippen LogP contribution in [-0.4, -0.2) is 19.1 Å². The third-order valence-electron chi connectivity index (χ3n) is 3.93. The SMILES string of the molecule is CCC(CC)CN(CC)c1ccc(CC(C)N)cc1Cl. The van der Waals surface area contributed by atoms with Gasteiger partial charge in [-0.3, -0.25) is 0 Å². The van der Waals surface area contributed by atoms with Crippen LogP contribution in [-0.2, 0) is 6.42 Å². The zero-order chi connectivity index (χ0) is 15.1. The highest BCUT2D eigenvalue weighted by Crippen LogP contribution is 2.28. The van der Waals surface area contributed by atoms with Crippen LogP contribution in [0.2, 0.25) is 5.02 Å². The molecule has 1 aromatic carbocycles. The lowest BCUT2D eigenvalue weighted by atomic mass is 10.0. The molecule has 114 valence electrons. The number of nitrogens with zero attached hydrogens (tertiary/aromatic N) is 1. The predicted octanol–water partition coefficient (Wildman–Crippen LogP) is 4.49. The van der Waals surface area contributed by atoms with E-state index < -0.39 is 0 Å². The number of nitrogens with two attached hydrogens (primary N) is 1. The van der Waals surface area contributed by atoms with Gasteiger partial charge in [0.25, 0.3) is 0 Å². The fourth-order valence-corrected chi connectivity index (χ4v) is 2.88. The van der Waals surface area contributed by atoms with E-state index in [1.165, 1.54) is 18.4 Å². The summed E-state index contributed by atoms with van der Waals surface area (Å²) in [6, 6.07) is 6.53. The maximum atomic E-state index is 6.47. The van der Waals surface area contributed by atoms with E-state index in [1.807, 2.05) is 6.92 Å². The molecule has 0 saturated heterocycles. The van der Waals surface area contributed by atoms with Crippen molar-refractivity contribution in [3.63, 3.8) is 0 Å². The van der Waals surface area contributed by atoms with Gasteiger partial charge in [0.15, 0.2) is 0 Å². The number of halogens is 1. The fraction of sp³-hybridized carbons (Fsp3) is 0.647. The third-order valence-corrected chi connectivity index (χ3v) is 4.23. The molecule has 1 unspecified atom stereocenters. The van der Waals surface area contributed by atoms with E-state index in [2.05, 4.69) is 43.9 Å². The monoisotopic (exact) mass is 296 g/mol. The molecule has 2 nitrogen and oxygen atoms in total. The summed E-state index contributed by atoms with van der Waals surface area (Å²) in [7, 11) is 0. The molecule has 0 fully saturated rings. The zero-order valence-corrected chi connectivity index (χ0v) is 14.1. The van der Waals surface area contributed by atoms with E-state index in [0.717, 1.165) is 36.1 Å². The van der Waals surface area contributed by atoms with Crippen molar-refractivity contribution in [2.45, 2.75) is 53.0 Å². The summed E-state index contributed by atoms with van der Waals surface area (Å²) in [5.74, 6) is 0.731. The van der Waals surface area contributed by atoms with Gasteiger partial charge in [-0.1, -0.05) is 44.4 Å². The Morgan fingerprint density at radius 1 is 1.20 bits per heavy atom. The first-order chi connectivity index (χ1) is 9.51. The van der Waals surface area contributed by atoms with Gasteiger partial charge in [-0.25, -0.2) is 0 Å². The van der Waals surface area contributed by atoms with Gasteiger partial charge in [-0.15, -0.1) is 0 Å². The smallest absolute Gasteiger partial charge is 0.0642 e. The van der Waals surface area contributed by atoms with Crippen molar-refractivity contribution < 1.29 is 0 Å². The van der Waals surface area contributed by atoms with Crippen molar-refractivity contribution in [2.75, 3.05) is 18.0 Å². The van der Waals surface area contributed by atoms with Gasteiger partial charge in [0, 0.05) is 19.1 Å². The first-order valence-electron chi connectivity index (χ1n) is 7.80. The Hall–Kier alpha value is -0.730. The Morgan fingerprint density at radius 3 is 2.30 bits per heavy atom. The molecule has 1 rings (SSSR count). The van der Waals surface area contributed by atoms with Crippen molar-refractivity contribution in [1.82, 2.24) is 0 Å². The number of hydrogen-bond donors (Lipinski definition) is 1. The zero-order valence-electron chi connectivity index (χ0n) is 13.3. The molecule has 0 spiro atoms. The topological polar surface area (TPSA) is 29.3 Å². The summed E-state index contributed by atoms with van der Waals surface area (Å²) in [4.78, 5) is 2.38. The summed E-state index contributed by atoms with van der Waals surface area (Å²) in [5.41, 5.74) is 8.21. The molecule has 0 aliphatic rings. The van der Waals surface area contributed by atoms with Gasteiger partial charge < -0.3 is 10.6 Å². The molecule has 2 N–H and O–H groups in total. The molecule has 1 atom stereocenters. The summed E-state index contributed by atoms with van der Waals surface area (Å²) in [5, 5.41) is 0.843.